The van der Waals surface area contributed by atoms with E-state index in [1.165, 1.54) is 0 Å². The number of aryl methyl sites for hydroxylation is 2. The maximum Gasteiger partial charge on any atom is 0.345 e. The molecule has 5 rings (SSSR count). The topological polar surface area (TPSA) is 75.2 Å². The van der Waals surface area contributed by atoms with Gasteiger partial charge in [0.2, 0.25) is 0 Å². The number of benzene rings is 1. The number of fused-ring (bicyclic) bond motifs is 3. The molecule has 7 nitrogen and oxygen atoms in total. The van der Waals surface area contributed by atoms with Crippen LogP contribution in [0, 0.1) is 13.8 Å². The molecule has 0 bridgehead atoms. The summed E-state index contributed by atoms with van der Waals surface area (Å²) in [6.07, 6.45) is 6.14. The summed E-state index contributed by atoms with van der Waals surface area (Å²) in [5.41, 5.74) is 4.85. The summed E-state index contributed by atoms with van der Waals surface area (Å²) in [6, 6.07) is 3.90. The highest BCUT2D eigenvalue weighted by molar-refractivity contribution is 6.05. The van der Waals surface area contributed by atoms with Crippen molar-refractivity contribution in [3.8, 4) is 16.9 Å². The monoisotopic (exact) mass is 456 g/mol. The Morgan fingerprint density at radius 2 is 1.97 bits per heavy atom. The first-order chi connectivity index (χ1) is 16.0. The van der Waals surface area contributed by atoms with E-state index in [2.05, 4.69) is 14.9 Å². The van der Waals surface area contributed by atoms with E-state index >= 15 is 0 Å². The summed E-state index contributed by atoms with van der Waals surface area (Å²) in [6.45, 7) is 1.14. The lowest BCUT2D eigenvalue weighted by Crippen LogP contribution is -2.13. The van der Waals surface area contributed by atoms with E-state index in [1.54, 1.807) is 13.3 Å². The first-order valence-electron chi connectivity index (χ1n) is 11.2. The second kappa shape index (κ2) is 8.70. The van der Waals surface area contributed by atoms with Crippen molar-refractivity contribution in [2.24, 2.45) is 0 Å². The lowest BCUT2D eigenvalue weighted by atomic mass is 10.0. The van der Waals surface area contributed by atoms with E-state index in [0.29, 0.717) is 24.0 Å². The van der Waals surface area contributed by atoms with Crippen LogP contribution >= 0.6 is 0 Å². The third-order valence-corrected chi connectivity index (χ3v) is 6.50. The van der Waals surface area contributed by atoms with E-state index in [1.807, 2.05) is 30.5 Å². The Balaban J connectivity index is 1.72. The fraction of sp³-hybridized carbons (Fsp3) is 0.458. The number of halogens is 2. The minimum absolute atomic E-state index is 0.0963. The van der Waals surface area contributed by atoms with Gasteiger partial charge in [-0.2, -0.15) is 8.78 Å². The lowest BCUT2D eigenvalue weighted by Gasteiger charge is -2.15. The van der Waals surface area contributed by atoms with Crippen LogP contribution in [0.15, 0.2) is 22.9 Å². The minimum atomic E-state index is -2.80. The van der Waals surface area contributed by atoms with Crippen LogP contribution in [0.25, 0.3) is 33.1 Å². The van der Waals surface area contributed by atoms with E-state index in [4.69, 9.17) is 14.2 Å². The third-order valence-electron chi connectivity index (χ3n) is 6.50. The van der Waals surface area contributed by atoms with Crippen LogP contribution in [0.5, 0.6) is 5.75 Å². The summed E-state index contributed by atoms with van der Waals surface area (Å²) in [5.74, 6) is 2.58. The SMILES string of the molecule is COc1cc2c(cc1-c1c(C)noc1C)ncc1nc(C3CCCC3)n(CCOC(F)F)c12. The molecule has 0 saturated heterocycles. The van der Waals surface area contributed by atoms with Crippen molar-refractivity contribution in [2.45, 2.75) is 58.6 Å². The van der Waals surface area contributed by atoms with E-state index in [9.17, 15) is 8.78 Å². The Kier molecular flexibility index (Phi) is 5.74. The fourth-order valence-electron chi connectivity index (χ4n) is 5.05. The number of hydrogen-bond donors (Lipinski definition) is 0. The highest BCUT2D eigenvalue weighted by atomic mass is 19.3. The first-order valence-corrected chi connectivity index (χ1v) is 11.2. The average molecular weight is 456 g/mol. The molecule has 0 atom stereocenters. The number of rotatable bonds is 7. The Hall–Kier alpha value is -3.07. The van der Waals surface area contributed by atoms with E-state index in [-0.39, 0.29) is 6.61 Å². The fourth-order valence-corrected chi connectivity index (χ4v) is 5.05. The lowest BCUT2D eigenvalue weighted by molar-refractivity contribution is -0.130. The molecule has 0 unspecified atom stereocenters. The van der Waals surface area contributed by atoms with Gasteiger partial charge in [0.25, 0.3) is 0 Å². The number of nitrogens with zero attached hydrogens (tertiary/aromatic N) is 4. The minimum Gasteiger partial charge on any atom is -0.496 e. The second-order valence-electron chi connectivity index (χ2n) is 8.50. The summed E-state index contributed by atoms with van der Waals surface area (Å²) < 4.78 is 43.1. The summed E-state index contributed by atoms with van der Waals surface area (Å²) in [5, 5.41) is 4.92. The smallest absolute Gasteiger partial charge is 0.345 e. The molecule has 0 amide bonds. The van der Waals surface area contributed by atoms with Crippen LogP contribution in [0.2, 0.25) is 0 Å². The molecule has 9 heteroatoms. The molecular formula is C24H26F2N4O3. The Morgan fingerprint density at radius 1 is 1.18 bits per heavy atom. The molecule has 174 valence electrons. The van der Waals surface area contributed by atoms with Crippen molar-refractivity contribution >= 4 is 21.9 Å². The third kappa shape index (κ3) is 3.84. The van der Waals surface area contributed by atoms with Crippen LogP contribution in [-0.4, -0.2) is 40.0 Å². The van der Waals surface area contributed by atoms with Crippen molar-refractivity contribution in [1.29, 1.82) is 0 Å². The van der Waals surface area contributed by atoms with Crippen molar-refractivity contribution in [3.05, 3.63) is 35.6 Å². The molecule has 0 spiro atoms. The van der Waals surface area contributed by atoms with Gasteiger partial charge in [-0.15, -0.1) is 0 Å². The Bertz CT molecular complexity index is 1290. The number of hydrogen-bond acceptors (Lipinski definition) is 6. The molecule has 1 aliphatic rings. The maximum absolute atomic E-state index is 12.7. The van der Waals surface area contributed by atoms with Crippen LogP contribution in [-0.2, 0) is 11.3 Å². The number of aromatic nitrogens is 4. The Morgan fingerprint density at radius 3 is 2.64 bits per heavy atom. The normalized spacial score (nSPS) is 14.8. The van der Waals surface area contributed by atoms with Crippen LogP contribution < -0.4 is 4.74 Å². The van der Waals surface area contributed by atoms with E-state index in [0.717, 1.165) is 70.3 Å². The summed E-state index contributed by atoms with van der Waals surface area (Å²) in [7, 11) is 1.62. The molecule has 3 aromatic heterocycles. The first kappa shape index (κ1) is 21.8. The van der Waals surface area contributed by atoms with E-state index < -0.39 is 6.61 Å². The van der Waals surface area contributed by atoms with Gasteiger partial charge in [0.15, 0.2) is 0 Å². The van der Waals surface area contributed by atoms with Crippen molar-refractivity contribution in [1.82, 2.24) is 19.7 Å². The molecule has 1 saturated carbocycles. The van der Waals surface area contributed by atoms with Gasteiger partial charge in [-0.1, -0.05) is 18.0 Å². The number of alkyl halides is 2. The van der Waals surface area contributed by atoms with Gasteiger partial charge < -0.3 is 18.6 Å². The predicted molar refractivity (Wildman–Crippen MR) is 120 cm³/mol. The molecule has 4 aromatic rings. The highest BCUT2D eigenvalue weighted by Crippen LogP contribution is 2.41. The number of methoxy groups -OCH3 is 1. The zero-order valence-corrected chi connectivity index (χ0v) is 18.9. The van der Waals surface area contributed by atoms with Gasteiger partial charge in [-0.05, 0) is 38.8 Å². The predicted octanol–water partition coefficient (Wildman–Crippen LogP) is 5.76. The molecular weight excluding hydrogens is 430 g/mol. The average Bonchev–Trinajstić information content (AvgIpc) is 3.52. The van der Waals surface area contributed by atoms with Crippen molar-refractivity contribution in [3.63, 3.8) is 0 Å². The van der Waals surface area contributed by atoms with Crippen molar-refractivity contribution in [2.75, 3.05) is 13.7 Å². The van der Waals surface area contributed by atoms with Gasteiger partial charge in [0, 0.05) is 23.4 Å². The Labute approximate surface area is 189 Å². The van der Waals surface area contributed by atoms with Crippen LogP contribution in [0.3, 0.4) is 0 Å². The standard InChI is InChI=1S/C24H26F2N4O3/c1-13-21(14(2)33-29-13)17-10-18-16(11-20(17)31-3)22-19(12-27-18)28-23(15-6-4-5-7-15)30(22)8-9-32-24(25)26/h10-12,15,24H,4-9H2,1-3H3. The number of pyridine rings is 1. The molecule has 3 heterocycles. The van der Waals surface area contributed by atoms with Gasteiger partial charge in [0.05, 0.1) is 42.2 Å². The van der Waals surface area contributed by atoms with Crippen LogP contribution in [0.1, 0.15) is 48.9 Å². The van der Waals surface area contributed by atoms with Gasteiger partial charge in [-0.25, -0.2) is 4.98 Å². The van der Waals surface area contributed by atoms with Gasteiger partial charge in [-0.3, -0.25) is 4.98 Å². The zero-order valence-electron chi connectivity index (χ0n) is 18.9. The molecule has 0 aliphatic heterocycles. The molecule has 0 radical (unpaired) electrons. The number of imidazole rings is 1. The largest absolute Gasteiger partial charge is 0.496 e. The summed E-state index contributed by atoms with van der Waals surface area (Å²) >= 11 is 0. The summed E-state index contributed by atoms with van der Waals surface area (Å²) in [4.78, 5) is 9.56. The second-order valence-corrected chi connectivity index (χ2v) is 8.50. The maximum atomic E-state index is 12.7. The molecule has 1 aliphatic carbocycles. The molecule has 1 fully saturated rings. The van der Waals surface area contributed by atoms with Gasteiger partial charge in [0.1, 0.15) is 22.9 Å². The molecule has 33 heavy (non-hydrogen) atoms. The zero-order chi connectivity index (χ0) is 23.1. The number of ether oxygens (including phenoxy) is 2. The molecule has 1 aromatic carbocycles. The van der Waals surface area contributed by atoms with Crippen molar-refractivity contribution < 1.29 is 22.8 Å². The quantitative estimate of drug-likeness (QED) is 0.352. The molecule has 0 N–H and O–H groups in total. The van der Waals surface area contributed by atoms with Gasteiger partial charge >= 0.3 is 6.61 Å². The van der Waals surface area contributed by atoms with Crippen LogP contribution in [0.4, 0.5) is 8.78 Å². The highest BCUT2D eigenvalue weighted by Gasteiger charge is 2.26.